The lowest BCUT2D eigenvalue weighted by Gasteiger charge is -2.13. The topological polar surface area (TPSA) is 111 Å². The van der Waals surface area contributed by atoms with Crippen LogP contribution in [0, 0.1) is 13.8 Å². The van der Waals surface area contributed by atoms with Crippen LogP contribution in [0.1, 0.15) is 21.7 Å². The Labute approximate surface area is 149 Å². The second-order valence-corrected chi connectivity index (χ2v) is 5.76. The largest absolute Gasteiger partial charge is 0.393 e. The van der Waals surface area contributed by atoms with Gasteiger partial charge in [0.25, 0.3) is 5.91 Å². The molecular formula is C16H16ClN7O. The Morgan fingerprint density at radius 1 is 1.24 bits per heavy atom. The Balaban J connectivity index is 1.82. The highest BCUT2D eigenvalue weighted by Gasteiger charge is 2.14. The summed E-state index contributed by atoms with van der Waals surface area (Å²) in [5, 5.41) is 4.70. The van der Waals surface area contributed by atoms with Crippen molar-refractivity contribution in [2.45, 2.75) is 13.8 Å². The lowest BCUT2D eigenvalue weighted by atomic mass is 10.2. The van der Waals surface area contributed by atoms with Crippen molar-refractivity contribution in [3.8, 4) is 5.82 Å². The van der Waals surface area contributed by atoms with Crippen LogP contribution in [-0.2, 0) is 0 Å². The molecule has 0 aliphatic rings. The van der Waals surface area contributed by atoms with Crippen molar-refractivity contribution in [1.29, 1.82) is 0 Å². The number of hydrazine groups is 1. The predicted molar refractivity (Wildman–Crippen MR) is 95.6 cm³/mol. The van der Waals surface area contributed by atoms with Gasteiger partial charge >= 0.3 is 0 Å². The summed E-state index contributed by atoms with van der Waals surface area (Å²) in [6.45, 7) is 3.78. The van der Waals surface area contributed by atoms with Crippen molar-refractivity contribution >= 4 is 29.0 Å². The van der Waals surface area contributed by atoms with E-state index in [4.69, 9.17) is 17.3 Å². The number of carbonyl (C=O) groups is 1. The second-order valence-electron chi connectivity index (χ2n) is 5.36. The summed E-state index contributed by atoms with van der Waals surface area (Å²) >= 11 is 6.01. The van der Waals surface area contributed by atoms with Gasteiger partial charge in [-0.05, 0) is 32.0 Å². The number of aryl methyl sites for hydroxylation is 2. The number of nitrogens with zero attached hydrogens (tertiary/aromatic N) is 4. The molecule has 1 amide bonds. The van der Waals surface area contributed by atoms with E-state index in [0.29, 0.717) is 16.4 Å². The molecule has 0 radical (unpaired) electrons. The lowest BCUT2D eigenvalue weighted by molar-refractivity contribution is 0.0962. The molecule has 2 heterocycles. The number of anilines is 2. The number of nitrogen functional groups attached to an aromatic ring is 1. The van der Waals surface area contributed by atoms with Crippen molar-refractivity contribution in [2.75, 3.05) is 11.2 Å². The molecule has 0 unspecified atom stereocenters. The Bertz CT molecular complexity index is 938. The number of hydrogen-bond donors (Lipinski definition) is 3. The average Bonchev–Trinajstić information content (AvgIpc) is 2.92. The summed E-state index contributed by atoms with van der Waals surface area (Å²) < 4.78 is 1.62. The molecule has 128 valence electrons. The zero-order valence-corrected chi connectivity index (χ0v) is 14.4. The van der Waals surface area contributed by atoms with Crippen LogP contribution in [0.3, 0.4) is 0 Å². The standard InChI is InChI=1S/C16H16ClN7O/c1-9-7-10(2)24(23-9)15-13(18)14(19-8-20-15)21-22-16(25)11-5-3-4-6-12(11)17/h3-8H,18H2,1-2H3,(H,22,25)(H,19,20,21). The molecule has 25 heavy (non-hydrogen) atoms. The number of halogens is 1. The van der Waals surface area contributed by atoms with E-state index in [1.54, 1.807) is 28.9 Å². The molecule has 0 aliphatic carbocycles. The minimum atomic E-state index is -0.406. The third kappa shape index (κ3) is 3.38. The van der Waals surface area contributed by atoms with Crippen LogP contribution in [0.2, 0.25) is 5.02 Å². The highest BCUT2D eigenvalue weighted by molar-refractivity contribution is 6.33. The van der Waals surface area contributed by atoms with Gasteiger partial charge < -0.3 is 5.73 Å². The summed E-state index contributed by atoms with van der Waals surface area (Å²) in [5.74, 6) is 0.282. The van der Waals surface area contributed by atoms with Crippen LogP contribution in [0.4, 0.5) is 11.5 Å². The van der Waals surface area contributed by atoms with Gasteiger partial charge in [-0.2, -0.15) is 5.10 Å². The van der Waals surface area contributed by atoms with Crippen LogP contribution in [-0.4, -0.2) is 25.7 Å². The highest BCUT2D eigenvalue weighted by atomic mass is 35.5. The summed E-state index contributed by atoms with van der Waals surface area (Å²) in [6, 6.07) is 8.63. The number of rotatable bonds is 4. The van der Waals surface area contributed by atoms with Crippen molar-refractivity contribution in [3.63, 3.8) is 0 Å². The monoisotopic (exact) mass is 357 g/mol. The molecule has 0 saturated heterocycles. The number of carbonyl (C=O) groups excluding carboxylic acids is 1. The number of nitrogens with two attached hydrogens (primary N) is 1. The first-order valence-electron chi connectivity index (χ1n) is 7.42. The first kappa shape index (κ1) is 16.7. The van der Waals surface area contributed by atoms with E-state index >= 15 is 0 Å². The van der Waals surface area contributed by atoms with Crippen LogP contribution in [0.25, 0.3) is 5.82 Å². The fraction of sp³-hybridized carbons (Fsp3) is 0.125. The summed E-state index contributed by atoms with van der Waals surface area (Å²) in [7, 11) is 0. The van der Waals surface area contributed by atoms with E-state index in [-0.39, 0.29) is 11.5 Å². The molecular weight excluding hydrogens is 342 g/mol. The van der Waals surface area contributed by atoms with Crippen LogP contribution in [0.15, 0.2) is 36.7 Å². The molecule has 4 N–H and O–H groups in total. The van der Waals surface area contributed by atoms with Crippen molar-refractivity contribution in [1.82, 2.24) is 25.2 Å². The first-order valence-corrected chi connectivity index (χ1v) is 7.80. The third-order valence-corrected chi connectivity index (χ3v) is 3.82. The second kappa shape index (κ2) is 6.78. The first-order chi connectivity index (χ1) is 12.0. The average molecular weight is 358 g/mol. The maximum Gasteiger partial charge on any atom is 0.271 e. The van der Waals surface area contributed by atoms with E-state index in [1.165, 1.54) is 6.33 Å². The fourth-order valence-electron chi connectivity index (χ4n) is 2.33. The van der Waals surface area contributed by atoms with Crippen molar-refractivity contribution in [2.24, 2.45) is 0 Å². The molecule has 0 atom stereocenters. The van der Waals surface area contributed by atoms with Crippen LogP contribution >= 0.6 is 11.6 Å². The molecule has 1 aromatic carbocycles. The Morgan fingerprint density at radius 2 is 2.00 bits per heavy atom. The summed E-state index contributed by atoms with van der Waals surface area (Å²) in [5.41, 5.74) is 13.7. The number of benzene rings is 1. The Kier molecular flexibility index (Phi) is 4.53. The molecule has 0 fully saturated rings. The predicted octanol–water partition coefficient (Wildman–Crippen LogP) is 2.27. The maximum absolute atomic E-state index is 12.2. The summed E-state index contributed by atoms with van der Waals surface area (Å²) in [6.07, 6.45) is 1.34. The zero-order valence-electron chi connectivity index (χ0n) is 13.6. The smallest absolute Gasteiger partial charge is 0.271 e. The highest BCUT2D eigenvalue weighted by Crippen LogP contribution is 2.22. The van der Waals surface area contributed by atoms with Gasteiger partial charge in [0, 0.05) is 5.69 Å². The van der Waals surface area contributed by atoms with E-state index in [9.17, 15) is 4.79 Å². The van der Waals surface area contributed by atoms with Crippen molar-refractivity contribution < 1.29 is 4.79 Å². The normalized spacial score (nSPS) is 10.5. The van der Waals surface area contributed by atoms with Gasteiger partial charge in [0.2, 0.25) is 0 Å². The zero-order chi connectivity index (χ0) is 18.0. The van der Waals surface area contributed by atoms with Crippen LogP contribution in [0.5, 0.6) is 0 Å². The maximum atomic E-state index is 12.2. The molecule has 0 spiro atoms. The number of nitrogens with one attached hydrogen (secondary N) is 2. The molecule has 0 aliphatic heterocycles. The van der Waals surface area contributed by atoms with Gasteiger partial charge in [0.1, 0.15) is 12.0 Å². The van der Waals surface area contributed by atoms with Gasteiger partial charge in [-0.1, -0.05) is 23.7 Å². The quantitative estimate of drug-likeness (QED) is 0.618. The molecule has 0 bridgehead atoms. The number of aromatic nitrogens is 4. The molecule has 8 nitrogen and oxygen atoms in total. The minimum Gasteiger partial charge on any atom is -0.393 e. The van der Waals surface area contributed by atoms with E-state index in [1.807, 2.05) is 19.9 Å². The number of hydrogen-bond acceptors (Lipinski definition) is 6. The Morgan fingerprint density at radius 3 is 2.68 bits per heavy atom. The Hall–Kier alpha value is -3.13. The number of amides is 1. The third-order valence-electron chi connectivity index (χ3n) is 3.49. The van der Waals surface area contributed by atoms with E-state index in [2.05, 4.69) is 25.9 Å². The SMILES string of the molecule is Cc1cc(C)n(-c2ncnc(NNC(=O)c3ccccc3Cl)c2N)n1. The molecule has 3 rings (SSSR count). The minimum absolute atomic E-state index is 0.258. The van der Waals surface area contributed by atoms with E-state index < -0.39 is 5.91 Å². The van der Waals surface area contributed by atoms with Gasteiger partial charge in [-0.3, -0.25) is 15.6 Å². The van der Waals surface area contributed by atoms with Gasteiger partial charge in [-0.15, -0.1) is 0 Å². The van der Waals surface area contributed by atoms with E-state index in [0.717, 1.165) is 11.4 Å². The molecule has 0 saturated carbocycles. The molecule has 2 aromatic heterocycles. The van der Waals surface area contributed by atoms with Crippen molar-refractivity contribution in [3.05, 3.63) is 58.6 Å². The van der Waals surface area contributed by atoms with Gasteiger partial charge in [0.15, 0.2) is 11.6 Å². The fourth-order valence-corrected chi connectivity index (χ4v) is 2.55. The lowest BCUT2D eigenvalue weighted by Crippen LogP contribution is -2.30. The molecule has 3 aromatic rings. The summed E-state index contributed by atoms with van der Waals surface area (Å²) in [4.78, 5) is 20.4. The molecule has 9 heteroatoms. The van der Waals surface area contributed by atoms with Crippen LogP contribution < -0.4 is 16.6 Å². The van der Waals surface area contributed by atoms with Gasteiger partial charge in [-0.25, -0.2) is 14.6 Å². The van der Waals surface area contributed by atoms with Gasteiger partial charge in [0.05, 0.1) is 16.3 Å².